The third-order valence-corrected chi connectivity index (χ3v) is 3.92. The van der Waals surface area contributed by atoms with Crippen molar-refractivity contribution in [1.29, 1.82) is 0 Å². The zero-order chi connectivity index (χ0) is 15.3. The number of carbonyl (C=O) groups is 1. The van der Waals surface area contributed by atoms with E-state index in [9.17, 15) is 4.79 Å². The van der Waals surface area contributed by atoms with Gasteiger partial charge < -0.3 is 10.6 Å². The Kier molecular flexibility index (Phi) is 6.03. The number of halogens is 1. The molecule has 1 atom stereocenters. The van der Waals surface area contributed by atoms with Gasteiger partial charge in [0.15, 0.2) is 0 Å². The minimum atomic E-state index is -0.0449. The van der Waals surface area contributed by atoms with E-state index in [1.807, 2.05) is 19.1 Å². The van der Waals surface area contributed by atoms with Gasteiger partial charge in [-0.25, -0.2) is 0 Å². The molecule has 20 heavy (non-hydrogen) atoms. The van der Waals surface area contributed by atoms with Gasteiger partial charge in [0.25, 0.3) is 0 Å². The molecule has 1 aromatic rings. The first kappa shape index (κ1) is 17.0. The molecule has 0 bridgehead atoms. The summed E-state index contributed by atoms with van der Waals surface area (Å²) in [4.78, 5) is 11.9. The third kappa shape index (κ3) is 5.51. The molecule has 0 aliphatic heterocycles. The van der Waals surface area contributed by atoms with E-state index in [0.717, 1.165) is 17.8 Å². The molecule has 1 amide bonds. The van der Waals surface area contributed by atoms with E-state index in [2.05, 4.69) is 38.3 Å². The van der Waals surface area contributed by atoms with Gasteiger partial charge in [0, 0.05) is 10.7 Å². The Labute approximate surface area is 127 Å². The van der Waals surface area contributed by atoms with Gasteiger partial charge in [-0.2, -0.15) is 0 Å². The zero-order valence-electron chi connectivity index (χ0n) is 13.0. The van der Waals surface area contributed by atoms with Crippen molar-refractivity contribution in [2.24, 2.45) is 11.3 Å². The van der Waals surface area contributed by atoms with Gasteiger partial charge in [0.05, 0.1) is 6.54 Å². The normalized spacial score (nSPS) is 13.1. The second-order valence-electron chi connectivity index (χ2n) is 6.41. The maximum Gasteiger partial charge on any atom is 0.238 e. The standard InChI is InChI=1S/C16H25ClN2O/c1-11-6-7-13(17)8-14(11)19-15(20)10-18-9-12(2)16(3,4)5/h6-8,12,18H,9-10H2,1-5H3,(H,19,20). The highest BCUT2D eigenvalue weighted by Gasteiger charge is 2.19. The molecule has 1 unspecified atom stereocenters. The monoisotopic (exact) mass is 296 g/mol. The van der Waals surface area contributed by atoms with Gasteiger partial charge in [0.1, 0.15) is 0 Å². The van der Waals surface area contributed by atoms with Crippen molar-refractivity contribution in [2.45, 2.75) is 34.6 Å². The van der Waals surface area contributed by atoms with E-state index in [1.165, 1.54) is 0 Å². The Morgan fingerprint density at radius 1 is 1.35 bits per heavy atom. The maximum atomic E-state index is 11.9. The molecule has 0 fully saturated rings. The molecule has 1 rings (SSSR count). The summed E-state index contributed by atoms with van der Waals surface area (Å²) in [5, 5.41) is 6.70. The van der Waals surface area contributed by atoms with Gasteiger partial charge in [-0.1, -0.05) is 45.4 Å². The number of nitrogens with one attached hydrogen (secondary N) is 2. The minimum Gasteiger partial charge on any atom is -0.325 e. The van der Waals surface area contributed by atoms with Crippen LogP contribution in [0.2, 0.25) is 5.02 Å². The summed E-state index contributed by atoms with van der Waals surface area (Å²) in [6.07, 6.45) is 0. The van der Waals surface area contributed by atoms with Crippen LogP contribution < -0.4 is 10.6 Å². The second kappa shape index (κ2) is 7.09. The molecule has 0 aliphatic carbocycles. The maximum absolute atomic E-state index is 11.9. The fourth-order valence-corrected chi connectivity index (χ4v) is 1.80. The summed E-state index contributed by atoms with van der Waals surface area (Å²) in [5.74, 6) is 0.458. The van der Waals surface area contributed by atoms with Crippen molar-refractivity contribution in [3.05, 3.63) is 28.8 Å². The zero-order valence-corrected chi connectivity index (χ0v) is 13.8. The van der Waals surface area contributed by atoms with Crippen LogP contribution in [0.4, 0.5) is 5.69 Å². The Hall–Kier alpha value is -1.06. The van der Waals surface area contributed by atoms with Gasteiger partial charge >= 0.3 is 0 Å². The summed E-state index contributed by atoms with van der Waals surface area (Å²) >= 11 is 5.93. The van der Waals surface area contributed by atoms with Crippen molar-refractivity contribution in [1.82, 2.24) is 5.32 Å². The lowest BCUT2D eigenvalue weighted by molar-refractivity contribution is -0.115. The van der Waals surface area contributed by atoms with Crippen molar-refractivity contribution in [3.63, 3.8) is 0 Å². The molecule has 1 aromatic carbocycles. The van der Waals surface area contributed by atoms with Crippen LogP contribution >= 0.6 is 11.6 Å². The average Bonchev–Trinajstić information content (AvgIpc) is 2.32. The highest BCUT2D eigenvalue weighted by Crippen LogP contribution is 2.24. The van der Waals surface area contributed by atoms with E-state index in [4.69, 9.17) is 11.6 Å². The molecule has 0 aliphatic rings. The summed E-state index contributed by atoms with van der Waals surface area (Å²) in [6, 6.07) is 5.48. The number of rotatable bonds is 5. The van der Waals surface area contributed by atoms with Crippen LogP contribution in [0.1, 0.15) is 33.3 Å². The minimum absolute atomic E-state index is 0.0449. The number of amides is 1. The summed E-state index contributed by atoms with van der Waals surface area (Å²) < 4.78 is 0. The first-order valence-electron chi connectivity index (χ1n) is 6.97. The van der Waals surface area contributed by atoms with Crippen LogP contribution in [0.5, 0.6) is 0 Å². The third-order valence-electron chi connectivity index (χ3n) is 3.69. The predicted molar refractivity (Wildman–Crippen MR) is 86.3 cm³/mol. The Bertz CT molecular complexity index is 466. The molecule has 0 saturated heterocycles. The lowest BCUT2D eigenvalue weighted by atomic mass is 9.82. The molecule has 0 saturated carbocycles. The van der Waals surface area contributed by atoms with Gasteiger partial charge in [-0.3, -0.25) is 4.79 Å². The lowest BCUT2D eigenvalue weighted by Crippen LogP contribution is -2.35. The van der Waals surface area contributed by atoms with Crippen molar-refractivity contribution in [2.75, 3.05) is 18.4 Å². The van der Waals surface area contributed by atoms with E-state index in [0.29, 0.717) is 17.5 Å². The second-order valence-corrected chi connectivity index (χ2v) is 6.84. The number of aryl methyl sites for hydroxylation is 1. The van der Waals surface area contributed by atoms with E-state index in [1.54, 1.807) is 6.07 Å². The van der Waals surface area contributed by atoms with Gasteiger partial charge in [0.2, 0.25) is 5.91 Å². The highest BCUT2D eigenvalue weighted by molar-refractivity contribution is 6.31. The fraction of sp³-hybridized carbons (Fsp3) is 0.562. The molecule has 0 aromatic heterocycles. The summed E-state index contributed by atoms with van der Waals surface area (Å²) in [6.45, 7) is 11.9. The first-order valence-corrected chi connectivity index (χ1v) is 7.34. The van der Waals surface area contributed by atoms with Crippen LogP contribution in [-0.4, -0.2) is 19.0 Å². The molecule has 0 spiro atoms. The quantitative estimate of drug-likeness (QED) is 0.866. The molecule has 0 heterocycles. The molecular formula is C16H25ClN2O. The molecular weight excluding hydrogens is 272 g/mol. The first-order chi connectivity index (χ1) is 9.20. The SMILES string of the molecule is Cc1ccc(Cl)cc1NC(=O)CNCC(C)C(C)(C)C. The summed E-state index contributed by atoms with van der Waals surface area (Å²) in [7, 11) is 0. The molecule has 4 heteroatoms. The topological polar surface area (TPSA) is 41.1 Å². The average molecular weight is 297 g/mol. The highest BCUT2D eigenvalue weighted by atomic mass is 35.5. The lowest BCUT2D eigenvalue weighted by Gasteiger charge is -2.27. The summed E-state index contributed by atoms with van der Waals surface area (Å²) in [5.41, 5.74) is 2.02. The number of anilines is 1. The number of benzene rings is 1. The van der Waals surface area contributed by atoms with E-state index >= 15 is 0 Å². The van der Waals surface area contributed by atoms with Crippen molar-refractivity contribution in [3.8, 4) is 0 Å². The largest absolute Gasteiger partial charge is 0.325 e. The van der Waals surface area contributed by atoms with Crippen LogP contribution in [-0.2, 0) is 4.79 Å². The van der Waals surface area contributed by atoms with Gasteiger partial charge in [-0.15, -0.1) is 0 Å². The van der Waals surface area contributed by atoms with Crippen LogP contribution in [0.3, 0.4) is 0 Å². The Morgan fingerprint density at radius 2 is 2.00 bits per heavy atom. The predicted octanol–water partition coefficient (Wildman–Crippen LogP) is 3.86. The van der Waals surface area contributed by atoms with E-state index in [-0.39, 0.29) is 11.3 Å². The molecule has 3 nitrogen and oxygen atoms in total. The molecule has 2 N–H and O–H groups in total. The smallest absolute Gasteiger partial charge is 0.238 e. The number of hydrogen-bond donors (Lipinski definition) is 2. The van der Waals surface area contributed by atoms with Crippen LogP contribution in [0, 0.1) is 18.3 Å². The van der Waals surface area contributed by atoms with Gasteiger partial charge in [-0.05, 0) is 42.5 Å². The molecule has 112 valence electrons. The number of carbonyl (C=O) groups excluding carboxylic acids is 1. The van der Waals surface area contributed by atoms with Crippen LogP contribution in [0.15, 0.2) is 18.2 Å². The van der Waals surface area contributed by atoms with Crippen molar-refractivity contribution < 1.29 is 4.79 Å². The van der Waals surface area contributed by atoms with Crippen LogP contribution in [0.25, 0.3) is 0 Å². The Morgan fingerprint density at radius 3 is 2.60 bits per heavy atom. The Balaban J connectivity index is 2.43. The fourth-order valence-electron chi connectivity index (χ4n) is 1.63. The molecule has 0 radical (unpaired) electrons. The van der Waals surface area contributed by atoms with Crippen molar-refractivity contribution >= 4 is 23.2 Å². The number of hydrogen-bond acceptors (Lipinski definition) is 2. The van der Waals surface area contributed by atoms with E-state index < -0.39 is 0 Å².